The number of carboxylic acids is 1. The standard InChI is InChI=1S/C20H16Cl2N2O3/c1-3-24-11(2)16(12-4-6-14(21)7-5-12)19(25)17(20(26)27)18(24)13-8-9-23-15(22)10-13/h4-10H,3H2,1-2H3,(H,26,27). The van der Waals surface area contributed by atoms with Crippen molar-refractivity contribution < 1.29 is 9.90 Å². The van der Waals surface area contributed by atoms with Gasteiger partial charge in [0.05, 0.1) is 5.69 Å². The molecule has 5 nitrogen and oxygen atoms in total. The molecule has 2 aromatic heterocycles. The first kappa shape index (κ1) is 19.1. The summed E-state index contributed by atoms with van der Waals surface area (Å²) in [4.78, 5) is 29.2. The lowest BCUT2D eigenvalue weighted by Gasteiger charge is -2.21. The number of benzene rings is 1. The molecule has 0 bridgehead atoms. The van der Waals surface area contributed by atoms with Crippen LogP contribution >= 0.6 is 23.2 Å². The Morgan fingerprint density at radius 2 is 1.81 bits per heavy atom. The van der Waals surface area contributed by atoms with Crippen LogP contribution in [0.15, 0.2) is 47.4 Å². The minimum atomic E-state index is -1.29. The van der Waals surface area contributed by atoms with Crippen LogP contribution in [0.2, 0.25) is 10.2 Å². The molecule has 7 heteroatoms. The van der Waals surface area contributed by atoms with E-state index < -0.39 is 11.4 Å². The number of aromatic nitrogens is 2. The van der Waals surface area contributed by atoms with Crippen molar-refractivity contribution in [1.29, 1.82) is 0 Å². The molecule has 1 aromatic carbocycles. The highest BCUT2D eigenvalue weighted by Crippen LogP contribution is 2.30. The van der Waals surface area contributed by atoms with Crippen LogP contribution in [-0.4, -0.2) is 20.6 Å². The van der Waals surface area contributed by atoms with Gasteiger partial charge in [0.1, 0.15) is 10.7 Å². The fourth-order valence-electron chi connectivity index (χ4n) is 3.23. The van der Waals surface area contributed by atoms with E-state index in [9.17, 15) is 14.7 Å². The van der Waals surface area contributed by atoms with Gasteiger partial charge in [-0.1, -0.05) is 35.3 Å². The topological polar surface area (TPSA) is 72.2 Å². The first-order chi connectivity index (χ1) is 12.8. The van der Waals surface area contributed by atoms with E-state index >= 15 is 0 Å². The van der Waals surface area contributed by atoms with Gasteiger partial charge >= 0.3 is 5.97 Å². The highest BCUT2D eigenvalue weighted by molar-refractivity contribution is 6.30. The molecule has 0 saturated carbocycles. The lowest BCUT2D eigenvalue weighted by atomic mass is 9.96. The number of nitrogens with zero attached hydrogens (tertiary/aromatic N) is 2. The van der Waals surface area contributed by atoms with Gasteiger partial charge in [0.15, 0.2) is 0 Å². The molecule has 0 amide bonds. The molecule has 1 N–H and O–H groups in total. The maximum Gasteiger partial charge on any atom is 0.341 e. The molecule has 0 atom stereocenters. The Morgan fingerprint density at radius 3 is 2.37 bits per heavy atom. The van der Waals surface area contributed by atoms with Crippen molar-refractivity contribution in [3.8, 4) is 22.4 Å². The van der Waals surface area contributed by atoms with E-state index in [4.69, 9.17) is 23.2 Å². The second-order valence-corrected chi connectivity index (χ2v) is 6.76. The highest BCUT2D eigenvalue weighted by Gasteiger charge is 2.25. The van der Waals surface area contributed by atoms with Crippen molar-refractivity contribution in [1.82, 2.24) is 9.55 Å². The summed E-state index contributed by atoms with van der Waals surface area (Å²) in [7, 11) is 0. The van der Waals surface area contributed by atoms with E-state index in [1.165, 1.54) is 6.20 Å². The predicted octanol–water partition coefficient (Wildman–Crippen LogP) is 4.91. The van der Waals surface area contributed by atoms with Crippen molar-refractivity contribution >= 4 is 29.2 Å². The molecular formula is C20H16Cl2N2O3. The van der Waals surface area contributed by atoms with Gasteiger partial charge in [-0.25, -0.2) is 9.78 Å². The first-order valence-electron chi connectivity index (χ1n) is 8.23. The molecule has 3 aromatic rings. The zero-order valence-electron chi connectivity index (χ0n) is 14.7. The Morgan fingerprint density at radius 1 is 1.15 bits per heavy atom. The Kier molecular flexibility index (Phi) is 5.35. The van der Waals surface area contributed by atoms with E-state index in [1.54, 1.807) is 47.9 Å². The van der Waals surface area contributed by atoms with E-state index in [1.807, 2.05) is 6.92 Å². The van der Waals surface area contributed by atoms with Crippen LogP contribution in [0, 0.1) is 6.92 Å². The fourth-order valence-corrected chi connectivity index (χ4v) is 3.53. The predicted molar refractivity (Wildman–Crippen MR) is 107 cm³/mol. The van der Waals surface area contributed by atoms with Gasteiger partial charge in [0, 0.05) is 34.6 Å². The summed E-state index contributed by atoms with van der Waals surface area (Å²) in [5.74, 6) is -1.29. The van der Waals surface area contributed by atoms with Gasteiger partial charge in [-0.3, -0.25) is 4.79 Å². The molecule has 2 heterocycles. The summed E-state index contributed by atoms with van der Waals surface area (Å²) in [5, 5.41) is 10.6. The molecule has 27 heavy (non-hydrogen) atoms. The lowest BCUT2D eigenvalue weighted by Crippen LogP contribution is -2.25. The van der Waals surface area contributed by atoms with Crippen LogP contribution in [0.25, 0.3) is 22.4 Å². The molecule has 0 aliphatic carbocycles. The van der Waals surface area contributed by atoms with Crippen LogP contribution < -0.4 is 5.43 Å². The maximum atomic E-state index is 13.2. The number of halogens is 2. The van der Waals surface area contributed by atoms with E-state index in [2.05, 4.69) is 4.98 Å². The summed E-state index contributed by atoms with van der Waals surface area (Å²) >= 11 is 11.9. The summed E-state index contributed by atoms with van der Waals surface area (Å²) in [6.07, 6.45) is 1.48. The second kappa shape index (κ2) is 7.55. The molecule has 0 spiro atoms. The third-order valence-corrected chi connectivity index (χ3v) is 4.85. The average Bonchev–Trinajstić information content (AvgIpc) is 2.62. The summed E-state index contributed by atoms with van der Waals surface area (Å²) in [5.41, 5.74) is 1.62. The molecule has 138 valence electrons. The summed E-state index contributed by atoms with van der Waals surface area (Å²) < 4.78 is 1.81. The van der Waals surface area contributed by atoms with Crippen LogP contribution in [0.1, 0.15) is 23.0 Å². The number of aromatic carboxylic acids is 1. The van der Waals surface area contributed by atoms with Gasteiger partial charge in [-0.05, 0) is 43.7 Å². The maximum absolute atomic E-state index is 13.2. The molecule has 0 fully saturated rings. The lowest BCUT2D eigenvalue weighted by molar-refractivity contribution is 0.0695. The fraction of sp³-hybridized carbons (Fsp3) is 0.150. The molecule has 0 unspecified atom stereocenters. The summed E-state index contributed by atoms with van der Waals surface area (Å²) in [6, 6.07) is 9.95. The SMILES string of the molecule is CCn1c(C)c(-c2ccc(Cl)cc2)c(=O)c(C(=O)O)c1-c1ccnc(Cl)c1. The van der Waals surface area contributed by atoms with Crippen molar-refractivity contribution in [2.24, 2.45) is 0 Å². The third kappa shape index (κ3) is 3.48. The van der Waals surface area contributed by atoms with Crippen molar-refractivity contribution in [2.45, 2.75) is 20.4 Å². The van der Waals surface area contributed by atoms with Crippen LogP contribution in [0.4, 0.5) is 0 Å². The van der Waals surface area contributed by atoms with Gasteiger partial charge in [0.2, 0.25) is 5.43 Å². The first-order valence-corrected chi connectivity index (χ1v) is 8.99. The smallest absolute Gasteiger partial charge is 0.341 e. The Balaban J connectivity index is 2.45. The van der Waals surface area contributed by atoms with Crippen LogP contribution in [-0.2, 0) is 6.54 Å². The van der Waals surface area contributed by atoms with Gasteiger partial charge in [-0.15, -0.1) is 0 Å². The van der Waals surface area contributed by atoms with E-state index in [-0.39, 0.29) is 10.7 Å². The summed E-state index contributed by atoms with van der Waals surface area (Å²) in [6.45, 7) is 4.16. The zero-order chi connectivity index (χ0) is 19.7. The Bertz CT molecular complexity index is 1090. The number of pyridine rings is 2. The Hall–Kier alpha value is -2.63. The van der Waals surface area contributed by atoms with Gasteiger partial charge < -0.3 is 9.67 Å². The van der Waals surface area contributed by atoms with Crippen LogP contribution in [0.3, 0.4) is 0 Å². The number of carbonyl (C=O) groups is 1. The minimum Gasteiger partial charge on any atom is -0.477 e. The number of rotatable bonds is 4. The normalized spacial score (nSPS) is 10.8. The zero-order valence-corrected chi connectivity index (χ0v) is 16.2. The van der Waals surface area contributed by atoms with Gasteiger partial charge in [0.25, 0.3) is 0 Å². The van der Waals surface area contributed by atoms with Gasteiger partial charge in [-0.2, -0.15) is 0 Å². The quantitative estimate of drug-likeness (QED) is 0.629. The molecule has 0 radical (unpaired) electrons. The Labute approximate surface area is 165 Å². The number of hydrogen-bond acceptors (Lipinski definition) is 3. The minimum absolute atomic E-state index is 0.221. The van der Waals surface area contributed by atoms with Crippen molar-refractivity contribution in [3.63, 3.8) is 0 Å². The monoisotopic (exact) mass is 402 g/mol. The van der Waals surface area contributed by atoms with E-state index in [0.717, 1.165) is 0 Å². The number of hydrogen-bond donors (Lipinski definition) is 1. The molecular weight excluding hydrogens is 387 g/mol. The number of carboxylic acid groups (broad SMARTS) is 1. The van der Waals surface area contributed by atoms with Crippen molar-refractivity contribution in [2.75, 3.05) is 0 Å². The average molecular weight is 403 g/mol. The third-order valence-electron chi connectivity index (χ3n) is 4.39. The molecule has 0 saturated heterocycles. The van der Waals surface area contributed by atoms with Crippen LogP contribution in [0.5, 0.6) is 0 Å². The largest absolute Gasteiger partial charge is 0.477 e. The molecule has 0 aliphatic rings. The molecule has 0 aliphatic heterocycles. The highest BCUT2D eigenvalue weighted by atomic mass is 35.5. The second-order valence-electron chi connectivity index (χ2n) is 5.94. The molecule has 3 rings (SSSR count). The van der Waals surface area contributed by atoms with Crippen molar-refractivity contribution in [3.05, 3.63) is 74.3 Å². The van der Waals surface area contributed by atoms with E-state index in [0.29, 0.717) is 39.6 Å².